The van der Waals surface area contributed by atoms with Crippen LogP contribution < -0.4 is 0 Å². The van der Waals surface area contributed by atoms with Crippen molar-refractivity contribution in [3.05, 3.63) is 69.8 Å². The molecule has 2 atom stereocenters. The molecule has 11 nitrogen and oxygen atoms in total. The fraction of sp³-hybridized carbons (Fsp3) is 0.345. The Hall–Kier alpha value is -4.03. The average Bonchev–Trinajstić information content (AvgIpc) is 3.36. The van der Waals surface area contributed by atoms with Crippen molar-refractivity contribution in [3.63, 3.8) is 0 Å². The molecule has 0 spiro atoms. The van der Waals surface area contributed by atoms with Crippen molar-refractivity contribution < 1.29 is 52.5 Å². The Morgan fingerprint density at radius 3 is 1.32 bits per heavy atom. The molecule has 40 heavy (non-hydrogen) atoms. The maximum absolute atomic E-state index is 13.3. The van der Waals surface area contributed by atoms with E-state index < -0.39 is 65.5 Å². The van der Waals surface area contributed by atoms with Crippen LogP contribution in [0.3, 0.4) is 0 Å². The second kappa shape index (κ2) is 12.4. The molecule has 0 saturated carbocycles. The first-order chi connectivity index (χ1) is 19.2. The molecule has 2 aliphatic rings. The normalized spacial score (nSPS) is 17.8. The number of rotatable bonds is 14. The van der Waals surface area contributed by atoms with E-state index in [1.165, 1.54) is 50.6 Å². The van der Waals surface area contributed by atoms with E-state index in [1.54, 1.807) is 0 Å². The molecule has 0 amide bonds. The topological polar surface area (TPSA) is 156 Å². The predicted octanol–water partition coefficient (Wildman–Crippen LogP) is 1.37. The Morgan fingerprint density at radius 2 is 0.950 bits per heavy atom. The van der Waals surface area contributed by atoms with Crippen molar-refractivity contribution in [2.45, 2.75) is 0 Å². The van der Waals surface area contributed by atoms with Crippen LogP contribution in [0.25, 0.3) is 0 Å². The van der Waals surface area contributed by atoms with Gasteiger partial charge in [-0.15, -0.1) is 0 Å². The summed E-state index contributed by atoms with van der Waals surface area (Å²) in [5, 5.41) is 0. The minimum atomic E-state index is -1.54. The van der Waals surface area contributed by atoms with E-state index in [4.69, 9.17) is 18.9 Å². The second-order valence-corrected chi connectivity index (χ2v) is 9.20. The average molecular weight is 551 g/mol. The number of carbonyl (C=O) groups excluding carboxylic acids is 7. The molecule has 2 aliphatic carbocycles. The van der Waals surface area contributed by atoms with Crippen molar-refractivity contribution in [1.29, 1.82) is 0 Å². The minimum Gasteiger partial charge on any atom is -0.382 e. The van der Waals surface area contributed by atoms with Crippen LogP contribution in [-0.2, 0) is 28.5 Å². The summed E-state index contributed by atoms with van der Waals surface area (Å²) in [6, 6.07) is 7.78. The van der Waals surface area contributed by atoms with Gasteiger partial charge in [-0.25, -0.2) is 0 Å². The fourth-order valence-electron chi connectivity index (χ4n) is 4.62. The van der Waals surface area contributed by atoms with Crippen molar-refractivity contribution in [3.8, 4) is 0 Å². The second-order valence-electron chi connectivity index (χ2n) is 9.20. The van der Waals surface area contributed by atoms with Gasteiger partial charge in [0, 0.05) is 47.6 Å². The summed E-state index contributed by atoms with van der Waals surface area (Å²) in [6.45, 7) is -0.141. The monoisotopic (exact) mass is 550 g/mol. The molecule has 0 heterocycles. The number of methoxy groups -OCH3 is 2. The zero-order valence-electron chi connectivity index (χ0n) is 21.9. The third-order valence-corrected chi connectivity index (χ3v) is 6.67. The lowest BCUT2D eigenvalue weighted by Crippen LogP contribution is -2.29. The third-order valence-electron chi connectivity index (χ3n) is 6.67. The van der Waals surface area contributed by atoms with Gasteiger partial charge >= 0.3 is 0 Å². The Balaban J connectivity index is 1.51. The first kappa shape index (κ1) is 29.0. The van der Waals surface area contributed by atoms with Gasteiger partial charge < -0.3 is 18.9 Å². The van der Waals surface area contributed by atoms with Crippen LogP contribution in [0, 0.1) is 11.8 Å². The number of ether oxygens (including phenoxy) is 4. The van der Waals surface area contributed by atoms with E-state index in [0.29, 0.717) is 0 Å². The number of carbonyl (C=O) groups is 7. The highest BCUT2D eigenvalue weighted by molar-refractivity contribution is 6.37. The van der Waals surface area contributed by atoms with Gasteiger partial charge in [-0.3, -0.25) is 33.6 Å². The van der Waals surface area contributed by atoms with Gasteiger partial charge in [-0.1, -0.05) is 12.1 Å². The van der Waals surface area contributed by atoms with Crippen molar-refractivity contribution in [2.24, 2.45) is 11.8 Å². The van der Waals surface area contributed by atoms with Gasteiger partial charge in [0.05, 0.1) is 26.4 Å². The van der Waals surface area contributed by atoms with Gasteiger partial charge in [0.25, 0.3) is 0 Å². The van der Waals surface area contributed by atoms with E-state index >= 15 is 0 Å². The third kappa shape index (κ3) is 5.50. The first-order valence-electron chi connectivity index (χ1n) is 12.4. The number of hydrogen-bond donors (Lipinski definition) is 0. The summed E-state index contributed by atoms with van der Waals surface area (Å²) in [6.07, 6.45) is 0. The van der Waals surface area contributed by atoms with E-state index in [0.717, 1.165) is 0 Å². The predicted molar refractivity (Wildman–Crippen MR) is 136 cm³/mol. The molecule has 0 saturated heterocycles. The van der Waals surface area contributed by atoms with Crippen LogP contribution in [0.1, 0.15) is 57.4 Å². The van der Waals surface area contributed by atoms with Gasteiger partial charge in [-0.05, 0) is 24.3 Å². The molecule has 0 radical (unpaired) electrons. The van der Waals surface area contributed by atoms with Gasteiger partial charge in [0.1, 0.15) is 25.0 Å². The molecule has 11 heteroatoms. The molecule has 0 aliphatic heterocycles. The highest BCUT2D eigenvalue weighted by Crippen LogP contribution is 2.31. The quantitative estimate of drug-likeness (QED) is 0.190. The molecule has 0 bridgehead atoms. The maximum Gasteiger partial charge on any atom is 0.193 e. The van der Waals surface area contributed by atoms with Crippen LogP contribution in [0.2, 0.25) is 0 Å². The SMILES string of the molecule is COCCOCC(=O)C1C(=O)c2ccc(C(=O)c3ccc4c(c3)C(=O)C(C(=O)COCCOC)C4=O)cc2C1=O. The van der Waals surface area contributed by atoms with E-state index in [9.17, 15) is 33.6 Å². The zero-order valence-corrected chi connectivity index (χ0v) is 21.9. The van der Waals surface area contributed by atoms with E-state index in [-0.39, 0.29) is 59.8 Å². The van der Waals surface area contributed by atoms with Crippen LogP contribution >= 0.6 is 0 Å². The highest BCUT2D eigenvalue weighted by atomic mass is 16.5. The standard InChI is InChI=1S/C29H26O11/c1-37-7-9-39-13-21(30)23-26(33)17-5-3-15(11-19(17)28(23)35)25(32)16-4-6-18-20(12-16)29(36)24(27(18)34)22(31)14-40-10-8-38-2/h3-6,11-12,23-24H,7-10,13-14H2,1-2H3. The molecule has 2 aromatic carbocycles. The summed E-state index contributed by atoms with van der Waals surface area (Å²) in [4.78, 5) is 89.6. The summed E-state index contributed by atoms with van der Waals surface area (Å²) < 4.78 is 20.0. The molecule has 208 valence electrons. The molecule has 0 N–H and O–H groups in total. The Labute approximate surface area is 228 Å². The summed E-state index contributed by atoms with van der Waals surface area (Å²) in [7, 11) is 2.93. The Kier molecular flexibility index (Phi) is 9.00. The molecule has 2 aromatic rings. The molecule has 0 fully saturated rings. The summed E-state index contributed by atoms with van der Waals surface area (Å²) in [5.41, 5.74) is 0.0249. The molecule has 2 unspecified atom stereocenters. The van der Waals surface area contributed by atoms with Crippen molar-refractivity contribution in [1.82, 2.24) is 0 Å². The lowest BCUT2D eigenvalue weighted by Gasteiger charge is -2.07. The zero-order chi connectivity index (χ0) is 29.0. The van der Waals surface area contributed by atoms with Gasteiger partial charge in [0.15, 0.2) is 40.5 Å². The van der Waals surface area contributed by atoms with Crippen molar-refractivity contribution >= 4 is 40.5 Å². The van der Waals surface area contributed by atoms with Gasteiger partial charge in [-0.2, -0.15) is 0 Å². The highest BCUT2D eigenvalue weighted by Gasteiger charge is 2.44. The van der Waals surface area contributed by atoms with Crippen LogP contribution in [0.15, 0.2) is 36.4 Å². The Bertz CT molecular complexity index is 1320. The molecule has 0 aromatic heterocycles. The number of hydrogen-bond acceptors (Lipinski definition) is 11. The number of ketones is 7. The van der Waals surface area contributed by atoms with Crippen LogP contribution in [0.5, 0.6) is 0 Å². The lowest BCUT2D eigenvalue weighted by molar-refractivity contribution is -0.126. The van der Waals surface area contributed by atoms with E-state index in [1.807, 2.05) is 0 Å². The molecule has 4 rings (SSSR count). The van der Waals surface area contributed by atoms with Crippen LogP contribution in [-0.4, -0.2) is 94.3 Å². The Morgan fingerprint density at radius 1 is 0.575 bits per heavy atom. The molecular formula is C29H26O11. The molecular weight excluding hydrogens is 524 g/mol. The summed E-state index contributed by atoms with van der Waals surface area (Å²) in [5.74, 6) is -7.82. The first-order valence-corrected chi connectivity index (χ1v) is 12.4. The lowest BCUT2D eigenvalue weighted by atomic mass is 9.96. The number of benzene rings is 2. The van der Waals surface area contributed by atoms with E-state index in [2.05, 4.69) is 0 Å². The maximum atomic E-state index is 13.3. The smallest absolute Gasteiger partial charge is 0.193 e. The number of Topliss-reactive ketones (excluding diaryl/α,β-unsaturated/α-hetero) is 6. The largest absolute Gasteiger partial charge is 0.382 e. The number of fused-ring (bicyclic) bond motifs is 2. The minimum absolute atomic E-state index is 0.0283. The van der Waals surface area contributed by atoms with Crippen LogP contribution in [0.4, 0.5) is 0 Å². The fourth-order valence-corrected chi connectivity index (χ4v) is 4.62. The summed E-state index contributed by atoms with van der Waals surface area (Å²) >= 11 is 0. The van der Waals surface area contributed by atoms with Gasteiger partial charge in [0.2, 0.25) is 0 Å². The van der Waals surface area contributed by atoms with Crippen molar-refractivity contribution in [2.75, 3.05) is 53.9 Å².